The lowest BCUT2D eigenvalue weighted by molar-refractivity contribution is -0.136. The van der Waals surface area contributed by atoms with E-state index < -0.39 is 6.04 Å². The Kier molecular flexibility index (Phi) is 6.28. The molecule has 0 spiro atoms. The van der Waals surface area contributed by atoms with Crippen LogP contribution in [-0.4, -0.2) is 50.1 Å². The summed E-state index contributed by atoms with van der Waals surface area (Å²) in [6, 6.07) is 9.56. The van der Waals surface area contributed by atoms with Crippen molar-refractivity contribution in [1.29, 1.82) is 0 Å². The van der Waals surface area contributed by atoms with Crippen LogP contribution in [0.5, 0.6) is 0 Å². The minimum absolute atomic E-state index is 0. The molecule has 1 aliphatic rings. The number of aryl methyl sites for hydroxylation is 1. The Hall–Kier alpha value is -1.99. The molecule has 3 rings (SSSR count). The number of nitrogens with zero attached hydrogens (tertiary/aromatic N) is 5. The van der Waals surface area contributed by atoms with Crippen LogP contribution in [0.4, 0.5) is 0 Å². The smallest absolute Gasteiger partial charge is 0.247 e. The Balaban J connectivity index is 0.00000208. The molecule has 0 saturated carbocycles. The predicted octanol–water partition coefficient (Wildman–Crippen LogP) is 1.14. The van der Waals surface area contributed by atoms with Crippen LogP contribution in [0.3, 0.4) is 0 Å². The molecule has 0 bridgehead atoms. The first-order chi connectivity index (χ1) is 11.1. The summed E-state index contributed by atoms with van der Waals surface area (Å²) in [4.78, 5) is 14.9. The first kappa shape index (κ1) is 18.4. The standard InChI is InChI=1S/C16H22N6O.ClH/c1-12-18-19-20-22(12)15(10-13-6-3-2-4-7-13)16(23)21-9-5-8-14(17)11-21;/h2-4,6-7,14-15H,5,8-11,17H2,1H3;1H. The molecule has 8 heteroatoms. The van der Waals surface area contributed by atoms with Gasteiger partial charge in [-0.05, 0) is 35.8 Å². The monoisotopic (exact) mass is 350 g/mol. The molecular weight excluding hydrogens is 328 g/mol. The predicted molar refractivity (Wildman–Crippen MR) is 92.8 cm³/mol. The topological polar surface area (TPSA) is 89.9 Å². The summed E-state index contributed by atoms with van der Waals surface area (Å²) in [5.74, 6) is 0.681. The highest BCUT2D eigenvalue weighted by Gasteiger charge is 2.30. The fraction of sp³-hybridized carbons (Fsp3) is 0.500. The van der Waals surface area contributed by atoms with Gasteiger partial charge in [0.25, 0.3) is 0 Å². The second-order valence-electron chi connectivity index (χ2n) is 6.06. The molecule has 2 aromatic rings. The molecule has 1 saturated heterocycles. The molecule has 7 nitrogen and oxygen atoms in total. The highest BCUT2D eigenvalue weighted by atomic mass is 35.5. The summed E-state index contributed by atoms with van der Waals surface area (Å²) >= 11 is 0. The maximum atomic E-state index is 13.1. The highest BCUT2D eigenvalue weighted by Crippen LogP contribution is 2.20. The number of halogens is 1. The van der Waals surface area contributed by atoms with E-state index in [4.69, 9.17) is 5.73 Å². The normalized spacial score (nSPS) is 18.8. The molecular formula is C16H23ClN6O. The average molecular weight is 351 g/mol. The third kappa shape index (κ3) is 4.10. The van der Waals surface area contributed by atoms with Gasteiger partial charge in [0, 0.05) is 25.6 Å². The van der Waals surface area contributed by atoms with E-state index in [2.05, 4.69) is 15.5 Å². The van der Waals surface area contributed by atoms with Crippen LogP contribution in [0.15, 0.2) is 30.3 Å². The second-order valence-corrected chi connectivity index (χ2v) is 6.06. The third-order valence-electron chi connectivity index (χ3n) is 4.28. The summed E-state index contributed by atoms with van der Waals surface area (Å²) in [5.41, 5.74) is 7.11. The second kappa shape index (κ2) is 8.21. The van der Waals surface area contributed by atoms with Gasteiger partial charge in [-0.1, -0.05) is 30.3 Å². The summed E-state index contributed by atoms with van der Waals surface area (Å²) < 4.78 is 1.62. The number of piperidine rings is 1. The SMILES string of the molecule is Cc1nnnn1C(Cc1ccccc1)C(=O)N1CCCC(N)C1.Cl. The molecule has 1 amide bonds. The summed E-state index contributed by atoms with van der Waals surface area (Å²) in [7, 11) is 0. The van der Waals surface area contributed by atoms with Gasteiger partial charge in [0.15, 0.2) is 0 Å². The van der Waals surface area contributed by atoms with Crippen molar-refractivity contribution in [3.05, 3.63) is 41.7 Å². The number of hydrogen-bond acceptors (Lipinski definition) is 5. The molecule has 0 radical (unpaired) electrons. The van der Waals surface area contributed by atoms with Crippen molar-refractivity contribution in [3.8, 4) is 0 Å². The van der Waals surface area contributed by atoms with Crippen LogP contribution in [0.2, 0.25) is 0 Å². The van der Waals surface area contributed by atoms with Gasteiger partial charge in [-0.15, -0.1) is 17.5 Å². The number of tetrazole rings is 1. The molecule has 2 atom stereocenters. The number of likely N-dealkylation sites (tertiary alicyclic amines) is 1. The van der Waals surface area contributed by atoms with Gasteiger partial charge in [0.2, 0.25) is 5.91 Å². The molecule has 1 aromatic carbocycles. The molecule has 0 aliphatic carbocycles. The lowest BCUT2D eigenvalue weighted by Crippen LogP contribution is -2.48. The van der Waals surface area contributed by atoms with E-state index in [1.54, 1.807) is 4.68 Å². The van der Waals surface area contributed by atoms with Crippen molar-refractivity contribution >= 4 is 18.3 Å². The quantitative estimate of drug-likeness (QED) is 0.892. The third-order valence-corrected chi connectivity index (χ3v) is 4.28. The average Bonchev–Trinajstić information content (AvgIpc) is 2.99. The Morgan fingerprint density at radius 1 is 1.38 bits per heavy atom. The van der Waals surface area contributed by atoms with E-state index >= 15 is 0 Å². The van der Waals surface area contributed by atoms with Crippen molar-refractivity contribution in [3.63, 3.8) is 0 Å². The van der Waals surface area contributed by atoms with Crippen molar-refractivity contribution in [2.24, 2.45) is 5.73 Å². The molecule has 1 aromatic heterocycles. The summed E-state index contributed by atoms with van der Waals surface area (Å²) in [5, 5.41) is 11.6. The zero-order valence-corrected chi connectivity index (χ0v) is 14.5. The van der Waals surface area contributed by atoms with Gasteiger partial charge in [-0.25, -0.2) is 4.68 Å². The molecule has 1 aliphatic heterocycles. The number of amides is 1. The fourth-order valence-electron chi connectivity index (χ4n) is 3.06. The fourth-order valence-corrected chi connectivity index (χ4v) is 3.06. The number of aromatic nitrogens is 4. The van der Waals surface area contributed by atoms with Gasteiger partial charge in [0.05, 0.1) is 0 Å². The number of benzene rings is 1. The highest BCUT2D eigenvalue weighted by molar-refractivity contribution is 5.85. The minimum Gasteiger partial charge on any atom is -0.339 e. The number of carbonyl (C=O) groups is 1. The van der Waals surface area contributed by atoms with E-state index in [-0.39, 0.29) is 24.4 Å². The molecule has 2 heterocycles. The van der Waals surface area contributed by atoms with Crippen molar-refractivity contribution in [2.75, 3.05) is 13.1 Å². The minimum atomic E-state index is -0.433. The van der Waals surface area contributed by atoms with Crippen LogP contribution in [0.25, 0.3) is 0 Å². The summed E-state index contributed by atoms with van der Waals surface area (Å²) in [6.07, 6.45) is 2.48. The molecule has 130 valence electrons. The van der Waals surface area contributed by atoms with Crippen LogP contribution in [0, 0.1) is 6.92 Å². The number of carbonyl (C=O) groups excluding carboxylic acids is 1. The Labute approximate surface area is 147 Å². The van der Waals surface area contributed by atoms with Gasteiger partial charge in [-0.3, -0.25) is 4.79 Å². The first-order valence-corrected chi connectivity index (χ1v) is 7.98. The Bertz CT molecular complexity index is 662. The zero-order chi connectivity index (χ0) is 16.2. The summed E-state index contributed by atoms with van der Waals surface area (Å²) in [6.45, 7) is 3.16. The van der Waals surface area contributed by atoms with E-state index in [1.807, 2.05) is 42.2 Å². The van der Waals surface area contributed by atoms with Crippen molar-refractivity contribution in [2.45, 2.75) is 38.3 Å². The maximum Gasteiger partial charge on any atom is 0.247 e. The number of rotatable bonds is 4. The maximum absolute atomic E-state index is 13.1. The Morgan fingerprint density at radius 2 is 2.12 bits per heavy atom. The lowest BCUT2D eigenvalue weighted by Gasteiger charge is -2.33. The molecule has 1 fully saturated rings. The number of nitrogens with two attached hydrogens (primary N) is 1. The molecule has 2 N–H and O–H groups in total. The van der Waals surface area contributed by atoms with Gasteiger partial charge >= 0.3 is 0 Å². The van der Waals surface area contributed by atoms with Gasteiger partial charge in [-0.2, -0.15) is 0 Å². The lowest BCUT2D eigenvalue weighted by atomic mass is 10.0. The molecule has 2 unspecified atom stereocenters. The van der Waals surface area contributed by atoms with E-state index in [0.717, 1.165) is 24.9 Å². The van der Waals surface area contributed by atoms with E-state index in [9.17, 15) is 4.79 Å². The van der Waals surface area contributed by atoms with E-state index in [0.29, 0.717) is 18.8 Å². The van der Waals surface area contributed by atoms with Crippen LogP contribution < -0.4 is 5.73 Å². The number of hydrogen-bond donors (Lipinski definition) is 1. The van der Waals surface area contributed by atoms with Gasteiger partial charge in [0.1, 0.15) is 11.9 Å². The van der Waals surface area contributed by atoms with Crippen molar-refractivity contribution < 1.29 is 4.79 Å². The van der Waals surface area contributed by atoms with Crippen molar-refractivity contribution in [1.82, 2.24) is 25.1 Å². The van der Waals surface area contributed by atoms with Crippen LogP contribution in [-0.2, 0) is 11.2 Å². The van der Waals surface area contributed by atoms with Crippen LogP contribution >= 0.6 is 12.4 Å². The van der Waals surface area contributed by atoms with Crippen LogP contribution in [0.1, 0.15) is 30.3 Å². The van der Waals surface area contributed by atoms with Gasteiger partial charge < -0.3 is 10.6 Å². The largest absolute Gasteiger partial charge is 0.339 e. The first-order valence-electron chi connectivity index (χ1n) is 7.98. The Morgan fingerprint density at radius 3 is 2.75 bits per heavy atom. The zero-order valence-electron chi connectivity index (χ0n) is 13.7. The molecule has 24 heavy (non-hydrogen) atoms. The van der Waals surface area contributed by atoms with E-state index in [1.165, 1.54) is 0 Å².